The van der Waals surface area contributed by atoms with Gasteiger partial charge in [0.2, 0.25) is 0 Å². The number of nitrogens with one attached hydrogen (secondary N) is 1. The quantitative estimate of drug-likeness (QED) is 0.735. The molecule has 2 amide bonds. The summed E-state index contributed by atoms with van der Waals surface area (Å²) >= 11 is 1.53. The Hall–Kier alpha value is -2.80. The molecular formula is C21H22N4O2S. The van der Waals surface area contributed by atoms with Crippen LogP contribution < -0.4 is 5.32 Å². The first kappa shape index (κ1) is 18.6. The first-order valence-corrected chi connectivity index (χ1v) is 10.2. The summed E-state index contributed by atoms with van der Waals surface area (Å²) in [6.45, 7) is 5.15. The number of aromatic nitrogens is 2. The molecule has 1 aliphatic rings. The second-order valence-corrected chi connectivity index (χ2v) is 8.35. The Morgan fingerprint density at radius 3 is 2.82 bits per heavy atom. The highest BCUT2D eigenvalue weighted by Gasteiger charge is 2.33. The zero-order valence-corrected chi connectivity index (χ0v) is 16.7. The zero-order valence-electron chi connectivity index (χ0n) is 15.9. The third kappa shape index (κ3) is 3.49. The molecule has 1 fully saturated rings. The van der Waals surface area contributed by atoms with Crippen LogP contribution in [0.15, 0.2) is 42.9 Å². The fourth-order valence-corrected chi connectivity index (χ4v) is 4.91. The summed E-state index contributed by atoms with van der Waals surface area (Å²) in [4.78, 5) is 36.3. The molecule has 3 aromatic rings. The first-order valence-electron chi connectivity index (χ1n) is 9.42. The summed E-state index contributed by atoms with van der Waals surface area (Å²) in [5.74, 6) is -0.0158. The van der Waals surface area contributed by atoms with Crippen LogP contribution in [0.25, 0.3) is 10.1 Å². The van der Waals surface area contributed by atoms with E-state index in [1.54, 1.807) is 6.20 Å². The maximum atomic E-state index is 12.8. The molecule has 3 heterocycles. The third-order valence-electron chi connectivity index (χ3n) is 4.93. The molecule has 1 atom stereocenters. The van der Waals surface area contributed by atoms with E-state index in [4.69, 9.17) is 0 Å². The Labute approximate surface area is 167 Å². The van der Waals surface area contributed by atoms with Gasteiger partial charge in [-0.05, 0) is 37.3 Å². The minimum atomic E-state index is -0.108. The van der Waals surface area contributed by atoms with Crippen LogP contribution in [0.5, 0.6) is 0 Å². The molecule has 2 aromatic heterocycles. The molecule has 1 aliphatic heterocycles. The molecule has 7 heteroatoms. The van der Waals surface area contributed by atoms with E-state index in [0.717, 1.165) is 26.9 Å². The van der Waals surface area contributed by atoms with Crippen LogP contribution in [0.4, 0.5) is 0 Å². The van der Waals surface area contributed by atoms with Gasteiger partial charge in [0.15, 0.2) is 0 Å². The minimum Gasteiger partial charge on any atom is -0.349 e. The SMILES string of the molecule is CC(C)NC(=O)c1sc2ccccc2c1[C@H]1CCN(C(=O)c2cnccn2)C1. The van der Waals surface area contributed by atoms with Gasteiger partial charge >= 0.3 is 0 Å². The fourth-order valence-electron chi connectivity index (χ4n) is 3.72. The van der Waals surface area contributed by atoms with Crippen molar-refractivity contribution in [1.29, 1.82) is 0 Å². The highest BCUT2D eigenvalue weighted by atomic mass is 32.1. The van der Waals surface area contributed by atoms with E-state index in [1.165, 1.54) is 23.7 Å². The van der Waals surface area contributed by atoms with Crippen LogP contribution in [-0.2, 0) is 0 Å². The summed E-state index contributed by atoms with van der Waals surface area (Å²) in [5, 5.41) is 4.13. The number of hydrogen-bond donors (Lipinski definition) is 1. The summed E-state index contributed by atoms with van der Waals surface area (Å²) in [6, 6.07) is 8.18. The number of fused-ring (bicyclic) bond motifs is 1. The molecule has 0 spiro atoms. The van der Waals surface area contributed by atoms with Gasteiger partial charge in [0.05, 0.1) is 11.1 Å². The number of benzene rings is 1. The van der Waals surface area contributed by atoms with E-state index in [-0.39, 0.29) is 23.8 Å². The largest absolute Gasteiger partial charge is 0.349 e. The fraction of sp³-hybridized carbons (Fsp3) is 0.333. The Bertz CT molecular complexity index is 1020. The second-order valence-electron chi connectivity index (χ2n) is 7.30. The van der Waals surface area contributed by atoms with E-state index in [1.807, 2.05) is 36.9 Å². The lowest BCUT2D eigenvalue weighted by Crippen LogP contribution is -2.31. The highest BCUT2D eigenvalue weighted by Crippen LogP contribution is 2.40. The molecule has 1 saturated heterocycles. The minimum absolute atomic E-state index is 0.0371. The number of carbonyl (C=O) groups is 2. The predicted octanol–water partition coefficient (Wildman–Crippen LogP) is 3.46. The summed E-state index contributed by atoms with van der Waals surface area (Å²) in [6.07, 6.45) is 5.41. The number of hydrogen-bond acceptors (Lipinski definition) is 5. The maximum absolute atomic E-state index is 12.8. The van der Waals surface area contributed by atoms with Crippen molar-refractivity contribution in [2.24, 2.45) is 0 Å². The lowest BCUT2D eigenvalue weighted by Gasteiger charge is -2.17. The average Bonchev–Trinajstić information content (AvgIpc) is 3.32. The van der Waals surface area contributed by atoms with Crippen molar-refractivity contribution >= 4 is 33.2 Å². The van der Waals surface area contributed by atoms with Gasteiger partial charge < -0.3 is 10.2 Å². The molecule has 0 bridgehead atoms. The van der Waals surface area contributed by atoms with Crippen molar-refractivity contribution in [2.45, 2.75) is 32.2 Å². The highest BCUT2D eigenvalue weighted by molar-refractivity contribution is 7.21. The van der Waals surface area contributed by atoms with E-state index >= 15 is 0 Å². The van der Waals surface area contributed by atoms with Crippen molar-refractivity contribution in [1.82, 2.24) is 20.2 Å². The van der Waals surface area contributed by atoms with Crippen molar-refractivity contribution < 1.29 is 9.59 Å². The number of nitrogens with zero attached hydrogens (tertiary/aromatic N) is 3. The zero-order chi connectivity index (χ0) is 19.7. The molecule has 28 heavy (non-hydrogen) atoms. The van der Waals surface area contributed by atoms with Crippen molar-refractivity contribution in [3.8, 4) is 0 Å². The smallest absolute Gasteiger partial charge is 0.274 e. The monoisotopic (exact) mass is 394 g/mol. The predicted molar refractivity (Wildman–Crippen MR) is 110 cm³/mol. The number of amides is 2. The van der Waals surface area contributed by atoms with E-state index in [2.05, 4.69) is 21.4 Å². The number of thiophene rings is 1. The number of likely N-dealkylation sites (tertiary alicyclic amines) is 1. The molecule has 4 rings (SSSR count). The Morgan fingerprint density at radius 2 is 2.07 bits per heavy atom. The molecule has 1 N–H and O–H groups in total. The molecule has 144 valence electrons. The van der Waals surface area contributed by atoms with E-state index in [0.29, 0.717) is 18.8 Å². The number of carbonyl (C=O) groups excluding carboxylic acids is 2. The Morgan fingerprint density at radius 1 is 1.25 bits per heavy atom. The van der Waals surface area contributed by atoms with Gasteiger partial charge in [0.25, 0.3) is 11.8 Å². The van der Waals surface area contributed by atoms with Crippen molar-refractivity contribution in [3.63, 3.8) is 0 Å². The lowest BCUT2D eigenvalue weighted by atomic mass is 9.95. The van der Waals surface area contributed by atoms with Gasteiger partial charge in [-0.25, -0.2) is 4.98 Å². The van der Waals surface area contributed by atoms with Gasteiger partial charge in [0, 0.05) is 42.1 Å². The molecule has 0 radical (unpaired) electrons. The molecule has 1 aromatic carbocycles. The second kappa shape index (κ2) is 7.67. The van der Waals surface area contributed by atoms with Gasteiger partial charge in [0.1, 0.15) is 5.69 Å². The average molecular weight is 395 g/mol. The van der Waals surface area contributed by atoms with Crippen LogP contribution in [0, 0.1) is 0 Å². The van der Waals surface area contributed by atoms with E-state index < -0.39 is 0 Å². The van der Waals surface area contributed by atoms with Crippen LogP contribution in [0.3, 0.4) is 0 Å². The van der Waals surface area contributed by atoms with Gasteiger partial charge in [-0.15, -0.1) is 11.3 Å². The van der Waals surface area contributed by atoms with Crippen LogP contribution in [-0.4, -0.2) is 45.8 Å². The van der Waals surface area contributed by atoms with Crippen LogP contribution in [0.1, 0.15) is 51.9 Å². The normalized spacial score (nSPS) is 16.7. The number of rotatable bonds is 4. The topological polar surface area (TPSA) is 75.2 Å². The molecule has 0 unspecified atom stereocenters. The lowest BCUT2D eigenvalue weighted by molar-refractivity contribution is 0.0784. The van der Waals surface area contributed by atoms with Crippen molar-refractivity contribution in [3.05, 3.63) is 59.0 Å². The maximum Gasteiger partial charge on any atom is 0.274 e. The molecule has 0 saturated carbocycles. The standard InChI is InChI=1S/C21H22N4O2S/c1-13(2)24-20(26)19-18(15-5-3-4-6-17(15)28-19)14-7-10-25(12-14)21(27)16-11-22-8-9-23-16/h3-6,8-9,11,13-14H,7,10,12H2,1-2H3,(H,24,26)/t14-/m0/s1. The summed E-state index contributed by atoms with van der Waals surface area (Å²) < 4.78 is 1.10. The van der Waals surface area contributed by atoms with Gasteiger partial charge in [-0.2, -0.15) is 0 Å². The molecule has 0 aliphatic carbocycles. The van der Waals surface area contributed by atoms with Gasteiger partial charge in [-0.3, -0.25) is 14.6 Å². The molecule has 6 nitrogen and oxygen atoms in total. The molecular weight excluding hydrogens is 372 g/mol. The van der Waals surface area contributed by atoms with Gasteiger partial charge in [-0.1, -0.05) is 18.2 Å². The Kier molecular flexibility index (Phi) is 5.09. The first-order chi connectivity index (χ1) is 13.5. The van der Waals surface area contributed by atoms with Crippen molar-refractivity contribution in [2.75, 3.05) is 13.1 Å². The summed E-state index contributed by atoms with van der Waals surface area (Å²) in [7, 11) is 0. The third-order valence-corrected chi connectivity index (χ3v) is 6.11. The van der Waals surface area contributed by atoms with E-state index in [9.17, 15) is 9.59 Å². The Balaban J connectivity index is 1.65. The van der Waals surface area contributed by atoms with Crippen LogP contribution >= 0.6 is 11.3 Å². The van der Waals surface area contributed by atoms with Crippen LogP contribution in [0.2, 0.25) is 0 Å². The summed E-state index contributed by atoms with van der Waals surface area (Å²) in [5.41, 5.74) is 1.42.